The first-order chi connectivity index (χ1) is 16.3. The summed E-state index contributed by atoms with van der Waals surface area (Å²) in [5.74, 6) is 0.423. The van der Waals surface area contributed by atoms with Crippen molar-refractivity contribution in [2.75, 3.05) is 10.2 Å². The van der Waals surface area contributed by atoms with E-state index >= 15 is 0 Å². The Morgan fingerprint density at radius 1 is 1.32 bits per heavy atom. The molecule has 3 heterocycles. The van der Waals surface area contributed by atoms with Gasteiger partial charge in [-0.05, 0) is 32.8 Å². The summed E-state index contributed by atoms with van der Waals surface area (Å²) >= 11 is 1.41. The molecule has 0 spiro atoms. The highest BCUT2D eigenvalue weighted by Gasteiger charge is 2.35. The number of aromatic nitrogens is 2. The van der Waals surface area contributed by atoms with E-state index in [1.165, 1.54) is 23.5 Å². The first-order valence-electron chi connectivity index (χ1n) is 11.2. The number of nitrogens with one attached hydrogen (secondary N) is 2. The second kappa shape index (κ2) is 8.95. The second-order valence-electron chi connectivity index (χ2n) is 8.82. The van der Waals surface area contributed by atoms with Crippen LogP contribution in [-0.2, 0) is 6.42 Å². The molecule has 11 heteroatoms. The number of thiazole rings is 1. The monoisotopic (exact) mass is 489 g/mol. The van der Waals surface area contributed by atoms with Gasteiger partial charge in [0, 0.05) is 29.6 Å². The highest BCUT2D eigenvalue weighted by atomic mass is 32.1. The van der Waals surface area contributed by atoms with Crippen molar-refractivity contribution < 1.29 is 23.1 Å². The fraction of sp³-hybridized carbons (Fsp3) is 0.435. The van der Waals surface area contributed by atoms with E-state index in [1.54, 1.807) is 18.3 Å². The summed E-state index contributed by atoms with van der Waals surface area (Å²) < 4.78 is 32.2. The number of alkyl halides is 2. The van der Waals surface area contributed by atoms with Gasteiger partial charge in [0.2, 0.25) is 0 Å². The van der Waals surface area contributed by atoms with Crippen molar-refractivity contribution in [1.82, 2.24) is 15.3 Å². The highest BCUT2D eigenvalue weighted by molar-refractivity contribution is 7.16. The predicted octanol–water partition coefficient (Wildman–Crippen LogP) is 4.89. The van der Waals surface area contributed by atoms with Gasteiger partial charge < -0.3 is 19.7 Å². The third-order valence-corrected chi connectivity index (χ3v) is 7.48. The zero-order chi connectivity index (χ0) is 24.0. The fourth-order valence-electron chi connectivity index (χ4n) is 4.50. The number of hydrogen-bond acceptors (Lipinski definition) is 7. The first-order valence-corrected chi connectivity index (χ1v) is 12.0. The molecule has 8 nitrogen and oxygen atoms in total. The standard InChI is InChI=1S/C23H25F2N5O3S/c1-11-6-17-19(34-22(28-17)29-21(32)27-15-8-16(31)9-15)12(2)30(11)23-26-10-18(33-23)13-4-3-5-14(7-13)20(24)25/h3-5,7,10-12,15-16,20,31H,6,8-9H2,1-2H3,(H2,27,28,29,32)/t11-,12+,15?,16?/m1/s1. The van der Waals surface area contributed by atoms with Gasteiger partial charge in [0.05, 0.1) is 28.9 Å². The van der Waals surface area contributed by atoms with Crippen molar-refractivity contribution >= 4 is 28.5 Å². The van der Waals surface area contributed by atoms with Crippen LogP contribution in [0.5, 0.6) is 0 Å². The summed E-state index contributed by atoms with van der Waals surface area (Å²) in [6, 6.07) is 6.08. The van der Waals surface area contributed by atoms with Crippen LogP contribution in [0, 0.1) is 0 Å². The fourth-order valence-corrected chi connectivity index (χ4v) is 5.54. The van der Waals surface area contributed by atoms with E-state index in [0.29, 0.717) is 41.7 Å². The molecule has 1 aliphatic carbocycles. The largest absolute Gasteiger partial charge is 0.423 e. The number of halogens is 2. The molecule has 1 aromatic carbocycles. The number of urea groups is 1. The van der Waals surface area contributed by atoms with E-state index < -0.39 is 6.43 Å². The maximum atomic E-state index is 13.1. The Balaban J connectivity index is 1.32. The SMILES string of the molecule is C[C@@H]1Cc2nc(NC(=O)NC3CC(O)C3)sc2[C@H](C)N1c1ncc(-c2cccc(C(F)F)c2)o1. The van der Waals surface area contributed by atoms with Gasteiger partial charge in [0.15, 0.2) is 10.9 Å². The lowest BCUT2D eigenvalue weighted by Crippen LogP contribution is -2.48. The molecule has 2 atom stereocenters. The van der Waals surface area contributed by atoms with E-state index in [-0.39, 0.29) is 35.8 Å². The summed E-state index contributed by atoms with van der Waals surface area (Å²) in [7, 11) is 0. The molecule has 0 saturated heterocycles. The van der Waals surface area contributed by atoms with E-state index in [2.05, 4.69) is 20.6 Å². The van der Waals surface area contributed by atoms with Crippen LogP contribution in [0.2, 0.25) is 0 Å². The van der Waals surface area contributed by atoms with Gasteiger partial charge in [-0.15, -0.1) is 0 Å². The molecule has 1 aliphatic heterocycles. The van der Waals surface area contributed by atoms with Crippen LogP contribution < -0.4 is 15.5 Å². The molecular weight excluding hydrogens is 464 g/mol. The zero-order valence-corrected chi connectivity index (χ0v) is 19.5. The van der Waals surface area contributed by atoms with Crippen molar-refractivity contribution in [2.24, 2.45) is 0 Å². The number of nitrogens with zero attached hydrogens (tertiary/aromatic N) is 3. The number of carbonyl (C=O) groups excluding carboxylic acids is 1. The Morgan fingerprint density at radius 2 is 2.12 bits per heavy atom. The quantitative estimate of drug-likeness (QED) is 0.471. The lowest BCUT2D eigenvalue weighted by atomic mass is 9.90. The van der Waals surface area contributed by atoms with Gasteiger partial charge in [-0.25, -0.2) is 23.5 Å². The summed E-state index contributed by atoms with van der Waals surface area (Å²) in [6.45, 7) is 4.06. The molecule has 5 rings (SSSR count). The van der Waals surface area contributed by atoms with E-state index in [9.17, 15) is 18.7 Å². The van der Waals surface area contributed by atoms with Crippen LogP contribution in [-0.4, -0.2) is 39.3 Å². The Morgan fingerprint density at radius 3 is 2.85 bits per heavy atom. The molecular formula is C23H25F2N5O3S. The highest BCUT2D eigenvalue weighted by Crippen LogP contribution is 2.41. The number of oxazole rings is 1. The molecule has 34 heavy (non-hydrogen) atoms. The summed E-state index contributed by atoms with van der Waals surface area (Å²) in [4.78, 5) is 24.3. The number of aliphatic hydroxyl groups excluding tert-OH is 1. The number of carbonyl (C=O) groups is 1. The molecule has 0 radical (unpaired) electrons. The zero-order valence-electron chi connectivity index (χ0n) is 18.7. The number of aliphatic hydroxyl groups is 1. The van der Waals surface area contributed by atoms with Crippen LogP contribution in [0.4, 0.5) is 24.7 Å². The van der Waals surface area contributed by atoms with Gasteiger partial charge in [-0.1, -0.05) is 29.5 Å². The van der Waals surface area contributed by atoms with Gasteiger partial charge in [0.1, 0.15) is 0 Å². The van der Waals surface area contributed by atoms with Gasteiger partial charge >= 0.3 is 6.03 Å². The minimum atomic E-state index is -2.56. The van der Waals surface area contributed by atoms with Crippen LogP contribution in [0.25, 0.3) is 11.3 Å². The minimum Gasteiger partial charge on any atom is -0.423 e. The van der Waals surface area contributed by atoms with Crippen LogP contribution in [0.3, 0.4) is 0 Å². The van der Waals surface area contributed by atoms with E-state index in [4.69, 9.17) is 4.42 Å². The number of hydrogen-bond donors (Lipinski definition) is 3. The molecule has 0 unspecified atom stereocenters. The molecule has 3 N–H and O–H groups in total. The van der Waals surface area contributed by atoms with E-state index in [0.717, 1.165) is 10.6 Å². The Hall–Kier alpha value is -3.05. The van der Waals surface area contributed by atoms with Crippen molar-refractivity contribution in [2.45, 2.75) is 63.8 Å². The molecule has 180 valence electrons. The Labute approximate surface area is 199 Å². The summed E-state index contributed by atoms with van der Waals surface area (Å²) in [6.07, 6.45) is 0.434. The average molecular weight is 490 g/mol. The molecule has 1 fully saturated rings. The maximum absolute atomic E-state index is 13.1. The second-order valence-corrected chi connectivity index (χ2v) is 9.85. The third kappa shape index (κ3) is 4.37. The van der Waals surface area contributed by atoms with Gasteiger partial charge in [0.25, 0.3) is 12.4 Å². The van der Waals surface area contributed by atoms with Crippen molar-refractivity contribution in [3.05, 3.63) is 46.6 Å². The number of amides is 2. The number of benzene rings is 1. The van der Waals surface area contributed by atoms with Crippen molar-refractivity contribution in [3.63, 3.8) is 0 Å². The van der Waals surface area contributed by atoms with Crippen LogP contribution >= 0.6 is 11.3 Å². The topological polar surface area (TPSA) is 104 Å². The van der Waals surface area contributed by atoms with E-state index in [1.807, 2.05) is 18.7 Å². The average Bonchev–Trinajstić information content (AvgIpc) is 3.40. The third-order valence-electron chi connectivity index (χ3n) is 6.29. The van der Waals surface area contributed by atoms with Gasteiger partial charge in [-0.3, -0.25) is 5.32 Å². The predicted molar refractivity (Wildman–Crippen MR) is 124 cm³/mol. The lowest BCUT2D eigenvalue weighted by molar-refractivity contribution is 0.0671. The molecule has 2 aliphatic rings. The van der Waals surface area contributed by atoms with Crippen LogP contribution in [0.15, 0.2) is 34.9 Å². The molecule has 2 amide bonds. The maximum Gasteiger partial charge on any atom is 0.321 e. The molecule has 1 saturated carbocycles. The summed E-state index contributed by atoms with van der Waals surface area (Å²) in [5, 5.41) is 15.5. The smallest absolute Gasteiger partial charge is 0.321 e. The first kappa shape index (κ1) is 22.7. The van der Waals surface area contributed by atoms with Crippen molar-refractivity contribution in [1.29, 1.82) is 0 Å². The number of fused-ring (bicyclic) bond motifs is 1. The normalized spacial score (nSPS) is 24.0. The number of rotatable bonds is 5. The molecule has 2 aromatic heterocycles. The molecule has 0 bridgehead atoms. The van der Waals surface area contributed by atoms with Crippen LogP contribution in [0.1, 0.15) is 55.3 Å². The Bertz CT molecular complexity index is 1190. The van der Waals surface area contributed by atoms with Gasteiger partial charge in [-0.2, -0.15) is 0 Å². The molecule has 3 aromatic rings. The minimum absolute atomic E-state index is 0.0142. The number of anilines is 2. The lowest BCUT2D eigenvalue weighted by Gasteiger charge is -2.36. The Kier molecular flexibility index (Phi) is 5.98. The summed E-state index contributed by atoms with van der Waals surface area (Å²) in [5.41, 5.74) is 1.40. The van der Waals surface area contributed by atoms with Crippen molar-refractivity contribution in [3.8, 4) is 11.3 Å².